The maximum atomic E-state index is 13.3. The Kier molecular flexibility index (Phi) is 5.31. The lowest BCUT2D eigenvalue weighted by molar-refractivity contribution is 0.393. The van der Waals surface area contributed by atoms with Gasteiger partial charge in [-0.05, 0) is 54.5 Å². The first-order chi connectivity index (χ1) is 12.6. The molecule has 0 saturated heterocycles. The Labute approximate surface area is 150 Å². The minimum absolute atomic E-state index is 0.511. The molecule has 1 heterocycles. The van der Waals surface area contributed by atoms with Gasteiger partial charge in [-0.1, -0.05) is 6.08 Å². The third kappa shape index (κ3) is 4.08. The van der Waals surface area contributed by atoms with Crippen molar-refractivity contribution in [3.63, 3.8) is 0 Å². The second-order valence-electron chi connectivity index (χ2n) is 5.66. The Bertz CT molecular complexity index is 913. The molecule has 1 aromatic heterocycles. The van der Waals surface area contributed by atoms with Crippen molar-refractivity contribution in [3.8, 4) is 22.8 Å². The number of nitrogens with one attached hydrogen (secondary N) is 1. The van der Waals surface area contributed by atoms with Crippen LogP contribution in [0.25, 0.3) is 17.3 Å². The molecular weight excluding hydrogens is 338 g/mol. The fraction of sp³-hybridized carbons (Fsp3) is 0.150. The molecule has 134 valence electrons. The van der Waals surface area contributed by atoms with Crippen molar-refractivity contribution < 1.29 is 18.3 Å². The number of H-pyrrole nitrogens is 1. The molecule has 0 aliphatic carbocycles. The molecule has 2 aromatic carbocycles. The lowest BCUT2D eigenvalue weighted by atomic mass is 10.1. The van der Waals surface area contributed by atoms with Gasteiger partial charge in [0, 0.05) is 11.6 Å². The number of rotatable bonds is 6. The van der Waals surface area contributed by atoms with E-state index in [2.05, 4.69) is 10.2 Å². The van der Waals surface area contributed by atoms with Crippen LogP contribution in [0.3, 0.4) is 0 Å². The number of aromatic amines is 1. The van der Waals surface area contributed by atoms with Gasteiger partial charge < -0.3 is 9.47 Å². The molecule has 0 bridgehead atoms. The van der Waals surface area contributed by atoms with Crippen LogP contribution in [-0.4, -0.2) is 24.4 Å². The number of methoxy groups -OCH3 is 2. The lowest BCUT2D eigenvalue weighted by Crippen LogP contribution is -1.90. The average molecular weight is 356 g/mol. The van der Waals surface area contributed by atoms with E-state index in [9.17, 15) is 8.78 Å². The lowest BCUT2D eigenvalue weighted by Gasteiger charge is -2.06. The van der Waals surface area contributed by atoms with Crippen LogP contribution in [0.1, 0.15) is 11.3 Å². The van der Waals surface area contributed by atoms with E-state index in [4.69, 9.17) is 9.47 Å². The van der Waals surface area contributed by atoms with Crippen molar-refractivity contribution >= 4 is 6.08 Å². The number of ether oxygens (including phenoxy) is 2. The third-order valence-corrected chi connectivity index (χ3v) is 3.88. The first kappa shape index (κ1) is 17.7. The molecule has 0 spiro atoms. The van der Waals surface area contributed by atoms with Gasteiger partial charge in [-0.3, -0.25) is 5.10 Å². The van der Waals surface area contributed by atoms with Crippen LogP contribution in [0.15, 0.2) is 48.5 Å². The van der Waals surface area contributed by atoms with E-state index in [1.807, 2.05) is 30.4 Å². The molecule has 0 fully saturated rings. The van der Waals surface area contributed by atoms with E-state index < -0.39 is 11.6 Å². The normalized spacial score (nSPS) is 11.1. The monoisotopic (exact) mass is 356 g/mol. The minimum atomic E-state index is -0.894. The van der Waals surface area contributed by atoms with Crippen molar-refractivity contribution in [1.29, 1.82) is 0 Å². The van der Waals surface area contributed by atoms with Gasteiger partial charge in [0.2, 0.25) is 0 Å². The standard InChI is InChI=1S/C20H18F2N2O2/c1-25-16-8-13(9-17(12-16)26-2)4-3-5-15-11-20(24-23-15)14-6-7-18(21)19(22)10-14/h3,5-12H,4H2,1-2H3,(H,23,24). The average Bonchev–Trinajstić information content (AvgIpc) is 3.12. The van der Waals surface area contributed by atoms with Crippen LogP contribution >= 0.6 is 0 Å². The molecule has 0 atom stereocenters. The van der Waals surface area contributed by atoms with Gasteiger partial charge in [-0.2, -0.15) is 5.10 Å². The predicted molar refractivity (Wildman–Crippen MR) is 96.2 cm³/mol. The van der Waals surface area contributed by atoms with E-state index in [0.717, 1.165) is 34.9 Å². The van der Waals surface area contributed by atoms with Gasteiger partial charge in [0.1, 0.15) is 11.5 Å². The second kappa shape index (κ2) is 7.82. The third-order valence-electron chi connectivity index (χ3n) is 3.88. The number of nitrogens with zero attached hydrogens (tertiary/aromatic N) is 1. The highest BCUT2D eigenvalue weighted by atomic mass is 19.2. The number of aromatic nitrogens is 2. The number of allylic oxidation sites excluding steroid dienone is 1. The first-order valence-corrected chi connectivity index (χ1v) is 7.98. The molecule has 0 unspecified atom stereocenters. The summed E-state index contributed by atoms with van der Waals surface area (Å²) in [6, 6.07) is 11.2. The molecule has 0 radical (unpaired) electrons. The first-order valence-electron chi connectivity index (χ1n) is 7.98. The topological polar surface area (TPSA) is 47.1 Å². The van der Waals surface area contributed by atoms with Gasteiger partial charge in [-0.15, -0.1) is 0 Å². The van der Waals surface area contributed by atoms with Crippen molar-refractivity contribution in [2.45, 2.75) is 6.42 Å². The van der Waals surface area contributed by atoms with Crippen LogP contribution < -0.4 is 9.47 Å². The smallest absolute Gasteiger partial charge is 0.159 e. The summed E-state index contributed by atoms with van der Waals surface area (Å²) in [5.41, 5.74) is 2.86. The molecule has 0 aliphatic heterocycles. The SMILES string of the molecule is COc1cc(CC=Cc2cc(-c3ccc(F)c(F)c3)n[nH]2)cc(OC)c1. The molecule has 4 nitrogen and oxygen atoms in total. The zero-order valence-electron chi connectivity index (χ0n) is 14.4. The van der Waals surface area contributed by atoms with Crippen molar-refractivity contribution in [3.05, 3.63) is 71.4 Å². The van der Waals surface area contributed by atoms with Crippen molar-refractivity contribution in [1.82, 2.24) is 10.2 Å². The number of halogens is 2. The molecule has 26 heavy (non-hydrogen) atoms. The molecular formula is C20H18F2N2O2. The molecule has 0 aliphatic rings. The van der Waals surface area contributed by atoms with Crippen molar-refractivity contribution in [2.24, 2.45) is 0 Å². The van der Waals surface area contributed by atoms with Gasteiger partial charge in [-0.25, -0.2) is 8.78 Å². The number of benzene rings is 2. The van der Waals surface area contributed by atoms with Gasteiger partial charge in [0.15, 0.2) is 11.6 Å². The quantitative estimate of drug-likeness (QED) is 0.701. The maximum Gasteiger partial charge on any atom is 0.159 e. The Morgan fingerprint density at radius 3 is 2.35 bits per heavy atom. The summed E-state index contributed by atoms with van der Waals surface area (Å²) < 4.78 is 36.9. The van der Waals surface area contributed by atoms with E-state index >= 15 is 0 Å². The Balaban J connectivity index is 1.72. The van der Waals surface area contributed by atoms with Crippen LogP contribution in [0.2, 0.25) is 0 Å². The summed E-state index contributed by atoms with van der Waals surface area (Å²) in [5, 5.41) is 7.00. The molecule has 0 amide bonds. The van der Waals surface area contributed by atoms with E-state index in [-0.39, 0.29) is 0 Å². The molecule has 3 aromatic rings. The maximum absolute atomic E-state index is 13.3. The summed E-state index contributed by atoms with van der Waals surface area (Å²) in [6.07, 6.45) is 4.52. The van der Waals surface area contributed by atoms with Gasteiger partial charge >= 0.3 is 0 Å². The van der Waals surface area contributed by atoms with Crippen LogP contribution in [-0.2, 0) is 6.42 Å². The van der Waals surface area contributed by atoms with Gasteiger partial charge in [0.25, 0.3) is 0 Å². The summed E-state index contributed by atoms with van der Waals surface area (Å²) >= 11 is 0. The van der Waals surface area contributed by atoms with Gasteiger partial charge in [0.05, 0.1) is 25.6 Å². The Morgan fingerprint density at radius 2 is 1.69 bits per heavy atom. The largest absolute Gasteiger partial charge is 0.497 e. The van der Waals surface area contributed by atoms with E-state index in [1.54, 1.807) is 20.3 Å². The molecule has 6 heteroatoms. The molecule has 1 N–H and O–H groups in total. The minimum Gasteiger partial charge on any atom is -0.497 e. The summed E-state index contributed by atoms with van der Waals surface area (Å²) in [6.45, 7) is 0. The van der Waals surface area contributed by atoms with Crippen molar-refractivity contribution in [2.75, 3.05) is 14.2 Å². The van der Waals surface area contributed by atoms with E-state index in [0.29, 0.717) is 17.7 Å². The number of hydrogen-bond acceptors (Lipinski definition) is 3. The van der Waals surface area contributed by atoms with E-state index in [1.165, 1.54) is 6.07 Å². The van der Waals surface area contributed by atoms with Crippen LogP contribution in [0, 0.1) is 11.6 Å². The molecule has 3 rings (SSSR count). The number of hydrogen-bond donors (Lipinski definition) is 1. The second-order valence-corrected chi connectivity index (χ2v) is 5.66. The summed E-state index contributed by atoms with van der Waals surface area (Å²) in [7, 11) is 3.22. The predicted octanol–water partition coefficient (Wildman–Crippen LogP) is 4.63. The Morgan fingerprint density at radius 1 is 0.962 bits per heavy atom. The highest BCUT2D eigenvalue weighted by molar-refractivity contribution is 5.62. The summed E-state index contributed by atoms with van der Waals surface area (Å²) in [5.74, 6) is -0.308. The van der Waals surface area contributed by atoms with Crippen LogP contribution in [0.5, 0.6) is 11.5 Å². The Hall–Kier alpha value is -3.15. The zero-order valence-corrected chi connectivity index (χ0v) is 14.4. The fourth-order valence-corrected chi connectivity index (χ4v) is 2.53. The molecule has 0 saturated carbocycles. The zero-order chi connectivity index (χ0) is 18.5. The fourth-order valence-electron chi connectivity index (χ4n) is 2.53. The van der Waals surface area contributed by atoms with Crippen LogP contribution in [0.4, 0.5) is 8.78 Å². The summed E-state index contributed by atoms with van der Waals surface area (Å²) in [4.78, 5) is 0. The highest BCUT2D eigenvalue weighted by Crippen LogP contribution is 2.24. The highest BCUT2D eigenvalue weighted by Gasteiger charge is 2.07.